The lowest BCUT2D eigenvalue weighted by atomic mass is 10.2. The van der Waals surface area contributed by atoms with Crippen molar-refractivity contribution in [3.8, 4) is 5.69 Å². The molecule has 0 bridgehead atoms. The molecule has 4 N–H and O–H groups in total. The van der Waals surface area contributed by atoms with Crippen LogP contribution in [0.5, 0.6) is 0 Å². The first-order valence-corrected chi connectivity index (χ1v) is 4.89. The zero-order valence-electron chi connectivity index (χ0n) is 8.95. The fourth-order valence-electron chi connectivity index (χ4n) is 1.37. The maximum atomic E-state index is 11.6. The number of carbonyl (C=O) groups is 1. The zero-order chi connectivity index (χ0) is 12.3. The summed E-state index contributed by atoms with van der Waals surface area (Å²) in [6.07, 6.45) is 6.77. The van der Waals surface area contributed by atoms with E-state index < -0.39 is 5.91 Å². The first-order valence-electron chi connectivity index (χ1n) is 4.89. The molecule has 2 rings (SSSR count). The van der Waals surface area contributed by atoms with Crippen LogP contribution in [0.15, 0.2) is 48.0 Å². The van der Waals surface area contributed by atoms with E-state index in [2.05, 4.69) is 9.98 Å². The molecule has 0 aliphatic heterocycles. The maximum Gasteiger partial charge on any atom is 0.281 e. The SMILES string of the molecule is NC(N)=NC(=O)c1cncc(-n2cccc2)c1. The summed E-state index contributed by atoms with van der Waals surface area (Å²) in [7, 11) is 0. The van der Waals surface area contributed by atoms with Crippen LogP contribution in [0, 0.1) is 0 Å². The van der Waals surface area contributed by atoms with E-state index >= 15 is 0 Å². The number of aliphatic imine (C=N–C) groups is 1. The van der Waals surface area contributed by atoms with Crippen LogP contribution >= 0.6 is 0 Å². The Morgan fingerprint density at radius 1 is 1.24 bits per heavy atom. The van der Waals surface area contributed by atoms with Gasteiger partial charge in [-0.3, -0.25) is 9.78 Å². The Hall–Kier alpha value is -2.63. The highest BCUT2D eigenvalue weighted by molar-refractivity contribution is 6.01. The Morgan fingerprint density at radius 2 is 1.94 bits per heavy atom. The van der Waals surface area contributed by atoms with Crippen molar-refractivity contribution in [2.75, 3.05) is 0 Å². The molecule has 0 fully saturated rings. The number of guanidine groups is 1. The van der Waals surface area contributed by atoms with Gasteiger partial charge in [-0.15, -0.1) is 0 Å². The summed E-state index contributed by atoms with van der Waals surface area (Å²) in [6, 6.07) is 5.43. The van der Waals surface area contributed by atoms with E-state index in [4.69, 9.17) is 11.5 Å². The number of nitrogens with two attached hydrogens (primary N) is 2. The molecule has 0 spiro atoms. The summed E-state index contributed by atoms with van der Waals surface area (Å²) in [5, 5.41) is 0. The minimum absolute atomic E-state index is 0.263. The third kappa shape index (κ3) is 2.49. The highest BCUT2D eigenvalue weighted by Crippen LogP contribution is 2.09. The summed E-state index contributed by atoms with van der Waals surface area (Å²) in [5.74, 6) is -0.770. The van der Waals surface area contributed by atoms with E-state index in [1.165, 1.54) is 6.20 Å². The van der Waals surface area contributed by atoms with Gasteiger partial charge in [0.25, 0.3) is 5.91 Å². The molecule has 1 amide bonds. The Morgan fingerprint density at radius 3 is 2.59 bits per heavy atom. The number of rotatable bonds is 2. The van der Waals surface area contributed by atoms with E-state index in [1.807, 2.05) is 29.1 Å². The van der Waals surface area contributed by atoms with Crippen LogP contribution in [0.1, 0.15) is 10.4 Å². The molecule has 6 heteroatoms. The third-order valence-electron chi connectivity index (χ3n) is 2.10. The van der Waals surface area contributed by atoms with Gasteiger partial charge >= 0.3 is 0 Å². The summed E-state index contributed by atoms with van der Waals surface area (Å²) in [6.45, 7) is 0. The lowest BCUT2D eigenvalue weighted by molar-refractivity contribution is 0.100. The van der Waals surface area contributed by atoms with Crippen molar-refractivity contribution in [1.29, 1.82) is 0 Å². The topological polar surface area (TPSA) is 99.3 Å². The highest BCUT2D eigenvalue weighted by Gasteiger charge is 2.06. The number of aromatic nitrogens is 2. The molecule has 0 aromatic carbocycles. The fourth-order valence-corrected chi connectivity index (χ4v) is 1.37. The van der Waals surface area contributed by atoms with Crippen LogP contribution in [0.2, 0.25) is 0 Å². The van der Waals surface area contributed by atoms with Gasteiger partial charge in [0, 0.05) is 18.6 Å². The van der Waals surface area contributed by atoms with Crippen molar-refractivity contribution in [2.45, 2.75) is 0 Å². The monoisotopic (exact) mass is 229 g/mol. The lowest BCUT2D eigenvalue weighted by Gasteiger charge is -2.03. The number of hydrogen-bond acceptors (Lipinski definition) is 2. The molecule has 17 heavy (non-hydrogen) atoms. The molecule has 2 aromatic heterocycles. The lowest BCUT2D eigenvalue weighted by Crippen LogP contribution is -2.24. The van der Waals surface area contributed by atoms with Gasteiger partial charge in [-0.25, -0.2) is 0 Å². The van der Waals surface area contributed by atoms with Crippen LogP contribution in [-0.2, 0) is 0 Å². The first-order chi connectivity index (χ1) is 8.16. The predicted octanol–water partition coefficient (Wildman–Crippen LogP) is 0.286. The molecule has 0 saturated carbocycles. The summed E-state index contributed by atoms with van der Waals surface area (Å²) in [5.41, 5.74) is 11.4. The second-order valence-electron chi connectivity index (χ2n) is 3.36. The van der Waals surface area contributed by atoms with Gasteiger partial charge in [0.1, 0.15) is 0 Å². The quantitative estimate of drug-likeness (QED) is 0.571. The summed E-state index contributed by atoms with van der Waals surface area (Å²) in [4.78, 5) is 19.0. The van der Waals surface area contributed by atoms with Gasteiger partial charge < -0.3 is 16.0 Å². The second-order valence-corrected chi connectivity index (χ2v) is 3.36. The van der Waals surface area contributed by atoms with Gasteiger partial charge in [0.15, 0.2) is 5.96 Å². The molecular formula is C11H11N5O. The van der Waals surface area contributed by atoms with Crippen LogP contribution in [0.3, 0.4) is 0 Å². The Kier molecular flexibility index (Phi) is 2.87. The summed E-state index contributed by atoms with van der Waals surface area (Å²) >= 11 is 0. The summed E-state index contributed by atoms with van der Waals surface area (Å²) < 4.78 is 1.83. The molecule has 2 aromatic rings. The third-order valence-corrected chi connectivity index (χ3v) is 2.10. The zero-order valence-corrected chi connectivity index (χ0v) is 8.95. The van der Waals surface area contributed by atoms with Gasteiger partial charge in [-0.2, -0.15) is 4.99 Å². The molecule has 0 aliphatic rings. The molecular weight excluding hydrogens is 218 g/mol. The molecule has 86 valence electrons. The van der Waals surface area contributed by atoms with Gasteiger partial charge in [0.05, 0.1) is 17.4 Å². The number of pyridine rings is 1. The van der Waals surface area contributed by atoms with Crippen molar-refractivity contribution in [1.82, 2.24) is 9.55 Å². The van der Waals surface area contributed by atoms with Crippen molar-refractivity contribution >= 4 is 11.9 Å². The number of hydrogen-bond donors (Lipinski definition) is 2. The van der Waals surface area contributed by atoms with Crippen LogP contribution in [-0.4, -0.2) is 21.4 Å². The van der Waals surface area contributed by atoms with Crippen LogP contribution < -0.4 is 11.5 Å². The van der Waals surface area contributed by atoms with Gasteiger partial charge in [-0.05, 0) is 18.2 Å². The van der Waals surface area contributed by atoms with Crippen molar-refractivity contribution < 1.29 is 4.79 Å². The Balaban J connectivity index is 2.36. The average Bonchev–Trinajstić information content (AvgIpc) is 2.82. The predicted molar refractivity (Wildman–Crippen MR) is 63.7 cm³/mol. The highest BCUT2D eigenvalue weighted by atomic mass is 16.1. The van der Waals surface area contributed by atoms with Gasteiger partial charge in [-0.1, -0.05) is 0 Å². The second kappa shape index (κ2) is 4.48. The van der Waals surface area contributed by atoms with Crippen molar-refractivity contribution in [3.05, 3.63) is 48.5 Å². The van der Waals surface area contributed by atoms with Gasteiger partial charge in [0.2, 0.25) is 0 Å². The molecule has 2 heterocycles. The van der Waals surface area contributed by atoms with E-state index in [9.17, 15) is 4.79 Å². The Bertz CT molecular complexity index is 555. The average molecular weight is 229 g/mol. The first kappa shape index (κ1) is 10.9. The van der Waals surface area contributed by atoms with E-state index in [-0.39, 0.29) is 5.96 Å². The number of nitrogens with zero attached hydrogens (tertiary/aromatic N) is 3. The fraction of sp³-hybridized carbons (Fsp3) is 0. The van der Waals surface area contributed by atoms with Crippen molar-refractivity contribution in [2.24, 2.45) is 16.5 Å². The number of carbonyl (C=O) groups excluding carboxylic acids is 1. The molecule has 0 unspecified atom stereocenters. The normalized spacial score (nSPS) is 9.88. The van der Waals surface area contributed by atoms with Crippen LogP contribution in [0.4, 0.5) is 0 Å². The Labute approximate surface area is 97.6 Å². The van der Waals surface area contributed by atoms with E-state index in [1.54, 1.807) is 12.3 Å². The smallest absolute Gasteiger partial charge is 0.281 e. The minimum atomic E-state index is -0.508. The standard InChI is InChI=1S/C11H11N5O/c12-11(13)15-10(17)8-5-9(7-14-6-8)16-3-1-2-4-16/h1-7H,(H4,12,13,15,17). The molecule has 0 radical (unpaired) electrons. The van der Waals surface area contributed by atoms with Crippen LogP contribution in [0.25, 0.3) is 5.69 Å². The number of amides is 1. The largest absolute Gasteiger partial charge is 0.370 e. The molecule has 6 nitrogen and oxygen atoms in total. The van der Waals surface area contributed by atoms with E-state index in [0.29, 0.717) is 5.56 Å². The van der Waals surface area contributed by atoms with Crippen molar-refractivity contribution in [3.63, 3.8) is 0 Å². The molecule has 0 aliphatic carbocycles. The molecule has 0 saturated heterocycles. The molecule has 0 atom stereocenters. The maximum absolute atomic E-state index is 11.6. The van der Waals surface area contributed by atoms with E-state index in [0.717, 1.165) is 5.69 Å². The minimum Gasteiger partial charge on any atom is -0.370 e.